The third-order valence-electron chi connectivity index (χ3n) is 2.45. The molecule has 0 aromatic carbocycles. The third kappa shape index (κ3) is 4.43. The van der Waals surface area contributed by atoms with Crippen molar-refractivity contribution in [2.45, 2.75) is 18.4 Å². The molecule has 1 atom stereocenters. The first-order valence-corrected chi connectivity index (χ1v) is 7.11. The van der Waals surface area contributed by atoms with Gasteiger partial charge in [0.2, 0.25) is 0 Å². The van der Waals surface area contributed by atoms with E-state index in [1.807, 2.05) is 0 Å². The summed E-state index contributed by atoms with van der Waals surface area (Å²) in [7, 11) is 0. The van der Waals surface area contributed by atoms with E-state index in [4.69, 9.17) is 5.11 Å². The van der Waals surface area contributed by atoms with E-state index in [2.05, 4.69) is 10.3 Å². The van der Waals surface area contributed by atoms with Crippen LogP contribution in [0.1, 0.15) is 12.1 Å². The molecule has 1 aromatic rings. The first-order valence-electron chi connectivity index (χ1n) is 5.72. The first kappa shape index (κ1) is 15.8. The van der Waals surface area contributed by atoms with Crippen molar-refractivity contribution in [2.24, 2.45) is 0 Å². The Morgan fingerprint density at radius 1 is 1.58 bits per heavy atom. The quantitative estimate of drug-likeness (QED) is 0.797. The number of aliphatic hydroxyl groups excluding tert-OH is 1. The van der Waals surface area contributed by atoms with Crippen molar-refractivity contribution in [2.75, 3.05) is 18.6 Å². The predicted octanol–water partition coefficient (Wildman–Crippen LogP) is 1.40. The van der Waals surface area contributed by atoms with Gasteiger partial charge in [-0.1, -0.05) is 6.07 Å². The molecule has 1 amide bonds. The fourth-order valence-electron chi connectivity index (χ4n) is 1.50. The number of pyridine rings is 1. The van der Waals surface area contributed by atoms with Crippen LogP contribution in [0.25, 0.3) is 0 Å². The van der Waals surface area contributed by atoms with E-state index in [1.165, 1.54) is 30.1 Å². The van der Waals surface area contributed by atoms with Crippen molar-refractivity contribution in [1.82, 2.24) is 10.3 Å². The highest BCUT2D eigenvalue weighted by Crippen LogP contribution is 2.26. The van der Waals surface area contributed by atoms with E-state index in [0.29, 0.717) is 5.75 Å². The normalized spacial score (nSPS) is 13.1. The Bertz CT molecular complexity index is 398. The molecule has 4 nitrogen and oxygen atoms in total. The van der Waals surface area contributed by atoms with Crippen molar-refractivity contribution in [3.63, 3.8) is 0 Å². The Balaban J connectivity index is 2.75. The molecule has 0 aliphatic carbocycles. The van der Waals surface area contributed by atoms with Gasteiger partial charge in [-0.2, -0.15) is 20.5 Å². The summed E-state index contributed by atoms with van der Waals surface area (Å²) in [4.78, 5) is 15.1. The molecular weight excluding hydrogens is 274 g/mol. The number of carbonyl (C=O) groups is 1. The molecule has 0 fully saturated rings. The summed E-state index contributed by atoms with van der Waals surface area (Å²) < 4.78 is 27.7. The van der Waals surface area contributed by atoms with E-state index in [0.717, 1.165) is 6.07 Å². The minimum atomic E-state index is -3.67. The molecule has 0 saturated heterocycles. The number of halogens is 2. The van der Waals surface area contributed by atoms with Crippen LogP contribution in [0, 0.1) is 0 Å². The van der Waals surface area contributed by atoms with Gasteiger partial charge in [0.25, 0.3) is 5.91 Å². The molecule has 106 valence electrons. The van der Waals surface area contributed by atoms with Crippen molar-refractivity contribution in [1.29, 1.82) is 0 Å². The maximum Gasteiger partial charge on any atom is 0.366 e. The number of hydrogen-bond donors (Lipinski definition) is 2. The first-order chi connectivity index (χ1) is 9.02. The summed E-state index contributed by atoms with van der Waals surface area (Å²) in [5.41, 5.74) is -0.584. The Hall–Kier alpha value is -1.21. The molecule has 0 spiro atoms. The van der Waals surface area contributed by atoms with Gasteiger partial charge in [0.15, 0.2) is 0 Å². The number of aromatic nitrogens is 1. The van der Waals surface area contributed by atoms with E-state index >= 15 is 0 Å². The molecule has 0 aliphatic rings. The van der Waals surface area contributed by atoms with Crippen LogP contribution in [0.15, 0.2) is 24.4 Å². The minimum absolute atomic E-state index is 0.166. The lowest BCUT2D eigenvalue weighted by molar-refractivity contribution is -0.148. The predicted molar refractivity (Wildman–Crippen MR) is 70.1 cm³/mol. The monoisotopic (exact) mass is 290 g/mol. The van der Waals surface area contributed by atoms with Crippen molar-refractivity contribution >= 4 is 17.7 Å². The molecule has 7 heteroatoms. The number of amides is 1. The SMILES string of the molecule is CSCC(CCO)NC(=O)C(F)(F)c1ccccn1. The zero-order valence-corrected chi connectivity index (χ0v) is 11.3. The molecule has 19 heavy (non-hydrogen) atoms. The maximum atomic E-state index is 13.8. The van der Waals surface area contributed by atoms with Gasteiger partial charge in [-0.25, -0.2) is 0 Å². The second-order valence-electron chi connectivity index (χ2n) is 3.93. The van der Waals surface area contributed by atoms with Crippen LogP contribution in [0.2, 0.25) is 0 Å². The lowest BCUT2D eigenvalue weighted by atomic mass is 10.1. The van der Waals surface area contributed by atoms with Crippen LogP contribution in [0.4, 0.5) is 8.78 Å². The average Bonchev–Trinajstić information content (AvgIpc) is 2.40. The molecular formula is C12H16F2N2O2S. The van der Waals surface area contributed by atoms with E-state index in [-0.39, 0.29) is 13.0 Å². The highest BCUT2D eigenvalue weighted by atomic mass is 32.2. The second kappa shape index (κ2) is 7.40. The Kier molecular flexibility index (Phi) is 6.17. The third-order valence-corrected chi connectivity index (χ3v) is 3.19. The van der Waals surface area contributed by atoms with Crippen LogP contribution in [0.5, 0.6) is 0 Å². The summed E-state index contributed by atoms with van der Waals surface area (Å²) in [6.45, 7) is -0.166. The summed E-state index contributed by atoms with van der Waals surface area (Å²) in [5.74, 6) is -4.60. The highest BCUT2D eigenvalue weighted by Gasteiger charge is 2.42. The van der Waals surface area contributed by atoms with E-state index in [1.54, 1.807) is 6.26 Å². The van der Waals surface area contributed by atoms with Gasteiger partial charge in [-0.3, -0.25) is 9.78 Å². The molecule has 0 aliphatic heterocycles. The standard InChI is InChI=1S/C12H16F2N2O2S/c1-19-8-9(5-7-17)16-11(18)12(13,14)10-4-2-3-6-15-10/h2-4,6,9,17H,5,7-8H2,1H3,(H,16,18). The van der Waals surface area contributed by atoms with Crippen molar-refractivity contribution < 1.29 is 18.7 Å². The molecule has 1 rings (SSSR count). The van der Waals surface area contributed by atoms with E-state index in [9.17, 15) is 13.6 Å². The largest absolute Gasteiger partial charge is 0.396 e. The van der Waals surface area contributed by atoms with Crippen LogP contribution < -0.4 is 5.32 Å². The number of nitrogens with one attached hydrogen (secondary N) is 1. The Morgan fingerprint density at radius 3 is 2.84 bits per heavy atom. The van der Waals surface area contributed by atoms with Gasteiger partial charge in [-0.15, -0.1) is 0 Å². The van der Waals surface area contributed by atoms with Gasteiger partial charge < -0.3 is 10.4 Å². The Labute approximate surface area is 114 Å². The number of carbonyl (C=O) groups excluding carboxylic acids is 1. The van der Waals surface area contributed by atoms with Gasteiger partial charge in [-0.05, 0) is 24.8 Å². The van der Waals surface area contributed by atoms with Crippen molar-refractivity contribution in [3.05, 3.63) is 30.1 Å². The summed E-state index contributed by atoms with van der Waals surface area (Å²) >= 11 is 1.41. The van der Waals surface area contributed by atoms with Crippen molar-refractivity contribution in [3.8, 4) is 0 Å². The number of alkyl halides is 2. The molecule has 1 heterocycles. The lowest BCUT2D eigenvalue weighted by Gasteiger charge is -2.21. The van der Waals surface area contributed by atoms with Crippen LogP contribution in [0.3, 0.4) is 0 Å². The summed E-state index contributed by atoms with van der Waals surface area (Å²) in [6.07, 6.45) is 3.25. The van der Waals surface area contributed by atoms with Gasteiger partial charge in [0, 0.05) is 24.6 Å². The fourth-order valence-corrected chi connectivity index (χ4v) is 2.15. The molecule has 0 radical (unpaired) electrons. The zero-order valence-electron chi connectivity index (χ0n) is 10.5. The molecule has 2 N–H and O–H groups in total. The highest BCUT2D eigenvalue weighted by molar-refractivity contribution is 7.98. The minimum Gasteiger partial charge on any atom is -0.396 e. The zero-order chi connectivity index (χ0) is 14.3. The molecule has 0 bridgehead atoms. The lowest BCUT2D eigenvalue weighted by Crippen LogP contribution is -2.45. The van der Waals surface area contributed by atoms with Gasteiger partial charge >= 0.3 is 5.92 Å². The second-order valence-corrected chi connectivity index (χ2v) is 4.84. The van der Waals surface area contributed by atoms with Gasteiger partial charge in [0.1, 0.15) is 5.69 Å². The van der Waals surface area contributed by atoms with Crippen LogP contribution in [-0.4, -0.2) is 40.7 Å². The molecule has 1 aromatic heterocycles. The molecule has 0 saturated carbocycles. The van der Waals surface area contributed by atoms with Gasteiger partial charge in [0.05, 0.1) is 0 Å². The topological polar surface area (TPSA) is 62.2 Å². The number of hydrogen-bond acceptors (Lipinski definition) is 4. The average molecular weight is 290 g/mol. The number of nitrogens with zero attached hydrogens (tertiary/aromatic N) is 1. The summed E-state index contributed by atoms with van der Waals surface area (Å²) in [5, 5.41) is 11.1. The summed E-state index contributed by atoms with van der Waals surface area (Å²) in [6, 6.07) is 3.52. The maximum absolute atomic E-state index is 13.8. The number of aliphatic hydroxyl groups is 1. The van der Waals surface area contributed by atoms with Crippen LogP contribution >= 0.6 is 11.8 Å². The van der Waals surface area contributed by atoms with E-state index < -0.39 is 23.6 Å². The number of rotatable bonds is 7. The molecule has 1 unspecified atom stereocenters. The van der Waals surface area contributed by atoms with Crippen LogP contribution in [-0.2, 0) is 10.7 Å². The number of thioether (sulfide) groups is 1. The Morgan fingerprint density at radius 2 is 2.32 bits per heavy atom. The smallest absolute Gasteiger partial charge is 0.366 e. The fraction of sp³-hybridized carbons (Fsp3) is 0.500.